The number of ether oxygens (including phenoxy) is 1. The van der Waals surface area contributed by atoms with E-state index < -0.39 is 0 Å². The van der Waals surface area contributed by atoms with Gasteiger partial charge in [0.1, 0.15) is 11.6 Å². The van der Waals surface area contributed by atoms with Crippen LogP contribution in [0.15, 0.2) is 36.4 Å². The first-order valence-electron chi connectivity index (χ1n) is 8.08. The Bertz CT molecular complexity index is 720. The highest BCUT2D eigenvalue weighted by Crippen LogP contribution is 2.30. The zero-order valence-corrected chi connectivity index (χ0v) is 15.1. The summed E-state index contributed by atoms with van der Waals surface area (Å²) in [6, 6.07) is 9.90. The van der Waals surface area contributed by atoms with Gasteiger partial charge in [0.15, 0.2) is 0 Å². The zero-order chi connectivity index (χ0) is 18.2. The number of aryl methyl sites for hydroxylation is 1. The molecule has 0 unspecified atom stereocenters. The maximum Gasteiger partial charge on any atom is 0.225 e. The molecule has 0 aromatic heterocycles. The Balaban J connectivity index is 1.74. The Morgan fingerprint density at radius 1 is 1.20 bits per heavy atom. The predicted molar refractivity (Wildman–Crippen MR) is 99.0 cm³/mol. The van der Waals surface area contributed by atoms with E-state index in [1.165, 1.54) is 19.2 Å². The Labute approximate surface area is 152 Å². The number of hydrogen-bond acceptors (Lipinski definition) is 3. The van der Waals surface area contributed by atoms with Crippen molar-refractivity contribution in [2.75, 3.05) is 25.5 Å². The van der Waals surface area contributed by atoms with Gasteiger partial charge in [-0.25, -0.2) is 4.39 Å². The lowest BCUT2D eigenvalue weighted by Crippen LogP contribution is -2.23. The molecule has 2 aromatic carbocycles. The Kier molecular flexibility index (Phi) is 7.22. The van der Waals surface area contributed by atoms with Crippen LogP contribution in [0.4, 0.5) is 10.1 Å². The van der Waals surface area contributed by atoms with Crippen molar-refractivity contribution in [1.82, 2.24) is 5.32 Å². The summed E-state index contributed by atoms with van der Waals surface area (Å²) in [4.78, 5) is 12.1. The molecule has 0 fully saturated rings. The van der Waals surface area contributed by atoms with Gasteiger partial charge in [-0.3, -0.25) is 4.79 Å². The van der Waals surface area contributed by atoms with Crippen molar-refractivity contribution in [2.45, 2.75) is 19.8 Å². The quantitative estimate of drug-likeness (QED) is 0.697. The SMILES string of the molecule is COc1cc(Cl)c(C)cc1NC(=O)CCNCCc1ccc(F)cc1. The average molecular weight is 365 g/mol. The van der Waals surface area contributed by atoms with E-state index in [4.69, 9.17) is 16.3 Å². The van der Waals surface area contributed by atoms with Gasteiger partial charge in [0.2, 0.25) is 5.91 Å². The third kappa shape index (κ3) is 6.03. The van der Waals surface area contributed by atoms with Crippen LogP contribution in [0, 0.1) is 12.7 Å². The number of nitrogens with one attached hydrogen (secondary N) is 2. The first kappa shape index (κ1) is 19.2. The molecular formula is C19H22ClFN2O2. The normalized spacial score (nSPS) is 10.6. The molecule has 2 aromatic rings. The third-order valence-corrected chi connectivity index (χ3v) is 4.19. The highest BCUT2D eigenvalue weighted by atomic mass is 35.5. The van der Waals surface area contributed by atoms with E-state index in [0.717, 1.165) is 24.1 Å². The van der Waals surface area contributed by atoms with E-state index in [2.05, 4.69) is 10.6 Å². The van der Waals surface area contributed by atoms with Gasteiger partial charge < -0.3 is 15.4 Å². The van der Waals surface area contributed by atoms with Crippen LogP contribution in [-0.4, -0.2) is 26.1 Å². The molecule has 134 valence electrons. The average Bonchev–Trinajstić information content (AvgIpc) is 2.59. The molecule has 0 radical (unpaired) electrons. The molecule has 2 rings (SSSR count). The first-order valence-corrected chi connectivity index (χ1v) is 8.46. The summed E-state index contributed by atoms with van der Waals surface area (Å²) in [6.45, 7) is 3.15. The molecular weight excluding hydrogens is 343 g/mol. The van der Waals surface area contributed by atoms with Crippen LogP contribution in [0.3, 0.4) is 0 Å². The van der Waals surface area contributed by atoms with Crippen LogP contribution in [0.5, 0.6) is 5.75 Å². The van der Waals surface area contributed by atoms with Gasteiger partial charge in [0, 0.05) is 24.1 Å². The van der Waals surface area contributed by atoms with Crippen LogP contribution in [-0.2, 0) is 11.2 Å². The molecule has 2 N–H and O–H groups in total. The van der Waals surface area contributed by atoms with Crippen molar-refractivity contribution in [3.8, 4) is 5.75 Å². The summed E-state index contributed by atoms with van der Waals surface area (Å²) < 4.78 is 18.1. The van der Waals surface area contributed by atoms with Crippen LogP contribution < -0.4 is 15.4 Å². The van der Waals surface area contributed by atoms with Crippen molar-refractivity contribution in [3.63, 3.8) is 0 Å². The monoisotopic (exact) mass is 364 g/mol. The Hall–Kier alpha value is -2.11. The summed E-state index contributed by atoms with van der Waals surface area (Å²) in [5.74, 6) is 0.198. The molecule has 0 saturated carbocycles. The minimum Gasteiger partial charge on any atom is -0.495 e. The van der Waals surface area contributed by atoms with Gasteiger partial charge in [-0.1, -0.05) is 23.7 Å². The molecule has 0 aliphatic rings. The van der Waals surface area contributed by atoms with E-state index >= 15 is 0 Å². The van der Waals surface area contributed by atoms with E-state index in [1.807, 2.05) is 6.92 Å². The number of benzene rings is 2. The van der Waals surface area contributed by atoms with Crippen LogP contribution >= 0.6 is 11.6 Å². The lowest BCUT2D eigenvalue weighted by atomic mass is 10.1. The van der Waals surface area contributed by atoms with Crippen molar-refractivity contribution >= 4 is 23.2 Å². The molecule has 0 heterocycles. The molecule has 25 heavy (non-hydrogen) atoms. The third-order valence-electron chi connectivity index (χ3n) is 3.79. The zero-order valence-electron chi connectivity index (χ0n) is 14.4. The lowest BCUT2D eigenvalue weighted by Gasteiger charge is -2.12. The van der Waals surface area contributed by atoms with Crippen molar-refractivity contribution in [3.05, 3.63) is 58.4 Å². The summed E-state index contributed by atoms with van der Waals surface area (Å²) in [7, 11) is 1.54. The van der Waals surface area contributed by atoms with Gasteiger partial charge in [-0.2, -0.15) is 0 Å². The Morgan fingerprint density at radius 3 is 2.60 bits per heavy atom. The molecule has 0 aliphatic carbocycles. The molecule has 6 heteroatoms. The van der Waals surface area contributed by atoms with E-state index in [0.29, 0.717) is 29.4 Å². The van der Waals surface area contributed by atoms with Gasteiger partial charge in [0.25, 0.3) is 0 Å². The Morgan fingerprint density at radius 2 is 1.92 bits per heavy atom. The van der Waals surface area contributed by atoms with Crippen molar-refractivity contribution in [1.29, 1.82) is 0 Å². The highest BCUT2D eigenvalue weighted by molar-refractivity contribution is 6.31. The van der Waals surface area contributed by atoms with Gasteiger partial charge in [-0.05, 0) is 49.2 Å². The predicted octanol–water partition coefficient (Wildman–Crippen LogP) is 3.96. The summed E-state index contributed by atoms with van der Waals surface area (Å²) in [5.41, 5.74) is 2.54. The smallest absolute Gasteiger partial charge is 0.225 e. The van der Waals surface area contributed by atoms with E-state index in [-0.39, 0.29) is 11.7 Å². The van der Waals surface area contributed by atoms with Crippen LogP contribution in [0.25, 0.3) is 0 Å². The second-order valence-corrected chi connectivity index (χ2v) is 6.13. The fraction of sp³-hybridized carbons (Fsp3) is 0.316. The minimum absolute atomic E-state index is 0.102. The second-order valence-electron chi connectivity index (χ2n) is 5.73. The summed E-state index contributed by atoms with van der Waals surface area (Å²) in [6.07, 6.45) is 1.13. The summed E-state index contributed by atoms with van der Waals surface area (Å²) in [5, 5.41) is 6.64. The number of hydrogen-bond donors (Lipinski definition) is 2. The van der Waals surface area contributed by atoms with Crippen LogP contribution in [0.1, 0.15) is 17.5 Å². The maximum absolute atomic E-state index is 12.8. The molecule has 0 bridgehead atoms. The number of amides is 1. The highest BCUT2D eigenvalue weighted by Gasteiger charge is 2.10. The molecule has 1 amide bonds. The number of halogens is 2. The molecule has 4 nitrogen and oxygen atoms in total. The van der Waals surface area contributed by atoms with Gasteiger partial charge in [-0.15, -0.1) is 0 Å². The maximum atomic E-state index is 12.8. The largest absolute Gasteiger partial charge is 0.495 e. The van der Waals surface area contributed by atoms with E-state index in [9.17, 15) is 9.18 Å². The fourth-order valence-corrected chi connectivity index (χ4v) is 2.51. The molecule has 0 saturated heterocycles. The number of carbonyl (C=O) groups excluding carboxylic acids is 1. The second kappa shape index (κ2) is 9.39. The van der Waals surface area contributed by atoms with Gasteiger partial charge >= 0.3 is 0 Å². The number of rotatable bonds is 8. The fourth-order valence-electron chi connectivity index (χ4n) is 2.35. The van der Waals surface area contributed by atoms with Crippen molar-refractivity contribution in [2.24, 2.45) is 0 Å². The number of anilines is 1. The van der Waals surface area contributed by atoms with Gasteiger partial charge in [0.05, 0.1) is 12.8 Å². The topological polar surface area (TPSA) is 50.4 Å². The van der Waals surface area contributed by atoms with E-state index in [1.54, 1.807) is 24.3 Å². The molecule has 0 atom stereocenters. The standard InChI is InChI=1S/C19H22ClFN2O2/c1-13-11-17(18(25-2)12-16(13)20)23-19(24)8-10-22-9-7-14-3-5-15(21)6-4-14/h3-6,11-12,22H,7-10H2,1-2H3,(H,23,24). The minimum atomic E-state index is -0.235. The summed E-state index contributed by atoms with van der Waals surface area (Å²) >= 11 is 6.06. The number of carbonyl (C=O) groups is 1. The lowest BCUT2D eigenvalue weighted by molar-refractivity contribution is -0.116. The molecule has 0 spiro atoms. The van der Waals surface area contributed by atoms with Crippen molar-refractivity contribution < 1.29 is 13.9 Å². The number of methoxy groups -OCH3 is 1. The van der Waals surface area contributed by atoms with Crippen LogP contribution in [0.2, 0.25) is 5.02 Å². The first-order chi connectivity index (χ1) is 12.0. The molecule has 0 aliphatic heterocycles.